The van der Waals surface area contributed by atoms with Crippen molar-refractivity contribution in [3.8, 4) is 0 Å². The molecule has 0 radical (unpaired) electrons. The van der Waals surface area contributed by atoms with E-state index in [4.69, 9.17) is 0 Å². The number of rotatable bonds is 4. The highest BCUT2D eigenvalue weighted by atomic mass is 16.3. The standard InChI is InChI=1S/C12H18N2O2/c1-9(2)11(16)14-12(3,8-15)10-5-4-6-13-7-10/h4-7,9,15H,8H2,1-3H3,(H,14,16). The average molecular weight is 222 g/mol. The first-order valence-corrected chi connectivity index (χ1v) is 5.33. The van der Waals surface area contributed by atoms with Crippen molar-refractivity contribution in [2.24, 2.45) is 5.92 Å². The van der Waals surface area contributed by atoms with Gasteiger partial charge < -0.3 is 10.4 Å². The molecule has 0 fully saturated rings. The molecular weight excluding hydrogens is 204 g/mol. The molecule has 0 aliphatic rings. The van der Waals surface area contributed by atoms with Crippen LogP contribution in [0, 0.1) is 5.92 Å². The monoisotopic (exact) mass is 222 g/mol. The molecule has 1 rings (SSSR count). The molecule has 1 aromatic heterocycles. The summed E-state index contributed by atoms with van der Waals surface area (Å²) in [6.07, 6.45) is 3.31. The Kier molecular flexibility index (Phi) is 4.01. The highest BCUT2D eigenvalue weighted by Gasteiger charge is 2.28. The molecule has 2 N–H and O–H groups in total. The second-order valence-corrected chi connectivity index (χ2v) is 4.38. The summed E-state index contributed by atoms with van der Waals surface area (Å²) in [6, 6.07) is 3.62. The lowest BCUT2D eigenvalue weighted by molar-refractivity contribution is -0.126. The molecule has 0 saturated heterocycles. The minimum Gasteiger partial charge on any atom is -0.394 e. The quantitative estimate of drug-likeness (QED) is 0.800. The molecule has 0 aliphatic carbocycles. The maximum atomic E-state index is 11.6. The highest BCUT2D eigenvalue weighted by molar-refractivity contribution is 5.78. The summed E-state index contributed by atoms with van der Waals surface area (Å²) in [5, 5.41) is 12.3. The Morgan fingerprint density at radius 1 is 1.62 bits per heavy atom. The van der Waals surface area contributed by atoms with Gasteiger partial charge in [0.25, 0.3) is 0 Å². The molecule has 1 heterocycles. The van der Waals surface area contributed by atoms with E-state index in [0.29, 0.717) is 0 Å². The van der Waals surface area contributed by atoms with Gasteiger partial charge in [-0.15, -0.1) is 0 Å². The zero-order valence-corrected chi connectivity index (χ0v) is 9.90. The first-order valence-electron chi connectivity index (χ1n) is 5.33. The van der Waals surface area contributed by atoms with Crippen molar-refractivity contribution in [2.75, 3.05) is 6.61 Å². The van der Waals surface area contributed by atoms with E-state index in [1.165, 1.54) is 0 Å². The number of hydrogen-bond acceptors (Lipinski definition) is 3. The van der Waals surface area contributed by atoms with Crippen LogP contribution in [-0.4, -0.2) is 22.6 Å². The molecule has 0 bridgehead atoms. The molecule has 1 aromatic rings. The summed E-state index contributed by atoms with van der Waals surface area (Å²) < 4.78 is 0. The van der Waals surface area contributed by atoms with Crippen LogP contribution < -0.4 is 5.32 Å². The number of pyridine rings is 1. The fraction of sp³-hybridized carbons (Fsp3) is 0.500. The molecule has 0 aromatic carbocycles. The summed E-state index contributed by atoms with van der Waals surface area (Å²) in [4.78, 5) is 15.6. The van der Waals surface area contributed by atoms with Gasteiger partial charge in [0.05, 0.1) is 12.1 Å². The van der Waals surface area contributed by atoms with Crippen molar-refractivity contribution in [3.05, 3.63) is 30.1 Å². The Balaban J connectivity index is 2.90. The molecule has 0 saturated carbocycles. The third-order valence-corrected chi connectivity index (χ3v) is 2.54. The number of aliphatic hydroxyl groups is 1. The van der Waals surface area contributed by atoms with Crippen LogP contribution in [0.1, 0.15) is 26.3 Å². The molecule has 4 heteroatoms. The predicted molar refractivity (Wildman–Crippen MR) is 61.7 cm³/mol. The van der Waals surface area contributed by atoms with Crippen LogP contribution in [0.3, 0.4) is 0 Å². The Bertz CT molecular complexity index is 351. The van der Waals surface area contributed by atoms with Crippen molar-refractivity contribution in [1.82, 2.24) is 10.3 Å². The molecule has 16 heavy (non-hydrogen) atoms. The van der Waals surface area contributed by atoms with Gasteiger partial charge >= 0.3 is 0 Å². The smallest absolute Gasteiger partial charge is 0.223 e. The van der Waals surface area contributed by atoms with E-state index in [9.17, 15) is 9.90 Å². The molecular formula is C12H18N2O2. The summed E-state index contributed by atoms with van der Waals surface area (Å²) in [5.74, 6) is -0.192. The van der Waals surface area contributed by atoms with Crippen LogP contribution in [0.4, 0.5) is 0 Å². The van der Waals surface area contributed by atoms with E-state index in [2.05, 4.69) is 10.3 Å². The maximum Gasteiger partial charge on any atom is 0.223 e. The molecule has 88 valence electrons. The van der Waals surface area contributed by atoms with Gasteiger partial charge in [0, 0.05) is 18.3 Å². The molecule has 1 unspecified atom stereocenters. The van der Waals surface area contributed by atoms with E-state index >= 15 is 0 Å². The molecule has 0 aliphatic heterocycles. The second-order valence-electron chi connectivity index (χ2n) is 4.38. The predicted octanol–water partition coefficient (Wildman–Crippen LogP) is 1.06. The van der Waals surface area contributed by atoms with Gasteiger partial charge in [-0.05, 0) is 18.6 Å². The zero-order chi connectivity index (χ0) is 12.2. The number of carbonyl (C=O) groups excluding carboxylic acids is 1. The lowest BCUT2D eigenvalue weighted by atomic mass is 9.93. The fourth-order valence-electron chi connectivity index (χ4n) is 1.31. The summed E-state index contributed by atoms with van der Waals surface area (Å²) in [6.45, 7) is 5.26. The normalized spacial score (nSPS) is 14.6. The lowest BCUT2D eigenvalue weighted by Crippen LogP contribution is -2.47. The van der Waals surface area contributed by atoms with Crippen LogP contribution in [0.15, 0.2) is 24.5 Å². The van der Waals surface area contributed by atoms with E-state index in [1.54, 1.807) is 25.4 Å². The molecule has 1 amide bonds. The van der Waals surface area contributed by atoms with E-state index < -0.39 is 5.54 Å². The van der Waals surface area contributed by atoms with Gasteiger partial charge in [-0.25, -0.2) is 0 Å². The van der Waals surface area contributed by atoms with Gasteiger partial charge in [-0.2, -0.15) is 0 Å². The Labute approximate surface area is 95.7 Å². The number of nitrogens with zero attached hydrogens (tertiary/aromatic N) is 1. The van der Waals surface area contributed by atoms with Gasteiger partial charge in [0.15, 0.2) is 0 Å². The van der Waals surface area contributed by atoms with Crippen molar-refractivity contribution in [2.45, 2.75) is 26.3 Å². The zero-order valence-electron chi connectivity index (χ0n) is 9.90. The highest BCUT2D eigenvalue weighted by Crippen LogP contribution is 2.19. The van der Waals surface area contributed by atoms with Crippen molar-refractivity contribution in [3.63, 3.8) is 0 Å². The Morgan fingerprint density at radius 2 is 2.31 bits per heavy atom. The lowest BCUT2D eigenvalue weighted by Gasteiger charge is -2.29. The summed E-state index contributed by atoms with van der Waals surface area (Å²) in [7, 11) is 0. The average Bonchev–Trinajstić information content (AvgIpc) is 2.29. The van der Waals surface area contributed by atoms with E-state index in [-0.39, 0.29) is 18.4 Å². The second kappa shape index (κ2) is 5.07. The molecule has 1 atom stereocenters. The van der Waals surface area contributed by atoms with Gasteiger partial charge in [0.1, 0.15) is 0 Å². The van der Waals surface area contributed by atoms with Crippen LogP contribution in [0.5, 0.6) is 0 Å². The van der Waals surface area contributed by atoms with Crippen molar-refractivity contribution >= 4 is 5.91 Å². The SMILES string of the molecule is CC(C)C(=O)NC(C)(CO)c1cccnc1. The van der Waals surface area contributed by atoms with Crippen LogP contribution in [-0.2, 0) is 10.3 Å². The van der Waals surface area contributed by atoms with Crippen LogP contribution in [0.2, 0.25) is 0 Å². The van der Waals surface area contributed by atoms with Crippen LogP contribution in [0.25, 0.3) is 0 Å². The largest absolute Gasteiger partial charge is 0.394 e. The number of hydrogen-bond donors (Lipinski definition) is 2. The molecule has 0 spiro atoms. The first-order chi connectivity index (χ1) is 7.49. The summed E-state index contributed by atoms with van der Waals surface area (Å²) in [5.41, 5.74) is 0.0294. The van der Waals surface area contributed by atoms with E-state index in [1.807, 2.05) is 19.9 Å². The van der Waals surface area contributed by atoms with E-state index in [0.717, 1.165) is 5.56 Å². The van der Waals surface area contributed by atoms with Gasteiger partial charge in [-0.3, -0.25) is 9.78 Å². The van der Waals surface area contributed by atoms with Crippen molar-refractivity contribution < 1.29 is 9.90 Å². The van der Waals surface area contributed by atoms with Gasteiger partial charge in [0.2, 0.25) is 5.91 Å². The third kappa shape index (κ3) is 2.79. The maximum absolute atomic E-state index is 11.6. The number of carbonyl (C=O) groups is 1. The first kappa shape index (κ1) is 12.6. The number of amides is 1. The number of aromatic nitrogens is 1. The van der Waals surface area contributed by atoms with Gasteiger partial charge in [-0.1, -0.05) is 19.9 Å². The third-order valence-electron chi connectivity index (χ3n) is 2.54. The van der Waals surface area contributed by atoms with Crippen molar-refractivity contribution in [1.29, 1.82) is 0 Å². The molecule has 4 nitrogen and oxygen atoms in total. The Hall–Kier alpha value is -1.42. The summed E-state index contributed by atoms with van der Waals surface area (Å²) >= 11 is 0. The fourth-order valence-corrected chi connectivity index (χ4v) is 1.31. The topological polar surface area (TPSA) is 62.2 Å². The minimum atomic E-state index is -0.768. The number of nitrogens with one attached hydrogen (secondary N) is 1. The Morgan fingerprint density at radius 3 is 2.75 bits per heavy atom. The minimum absolute atomic E-state index is 0.0830. The van der Waals surface area contributed by atoms with Crippen LogP contribution >= 0.6 is 0 Å². The number of aliphatic hydroxyl groups excluding tert-OH is 1.